The van der Waals surface area contributed by atoms with Crippen LogP contribution < -0.4 is 19.1 Å². The molecule has 0 bridgehead atoms. The lowest BCUT2D eigenvalue weighted by molar-refractivity contribution is -0.137. The number of pyridine rings is 1. The van der Waals surface area contributed by atoms with Crippen molar-refractivity contribution in [3.05, 3.63) is 41.5 Å². The summed E-state index contributed by atoms with van der Waals surface area (Å²) in [4.78, 5) is 31.1. The molecule has 0 aliphatic carbocycles. The number of carbonyl (C=O) groups is 1. The van der Waals surface area contributed by atoms with Crippen molar-refractivity contribution in [2.45, 2.75) is 76.5 Å². The minimum atomic E-state index is -0.937. The molecule has 9 nitrogen and oxygen atoms in total. The molecule has 0 saturated carbocycles. The van der Waals surface area contributed by atoms with Gasteiger partial charge in [-0.3, -0.25) is 9.69 Å². The Hall–Kier alpha value is -4.63. The average molecular weight is 686 g/mol. The van der Waals surface area contributed by atoms with Crippen LogP contribution in [0.5, 0.6) is 17.6 Å². The van der Waals surface area contributed by atoms with E-state index in [2.05, 4.69) is 20.7 Å². The molecule has 3 fully saturated rings. The molecule has 0 radical (unpaired) electrons. The predicted molar refractivity (Wildman–Crippen MR) is 182 cm³/mol. The molecule has 50 heavy (non-hydrogen) atoms. The molecule has 2 aromatic heterocycles. The van der Waals surface area contributed by atoms with Gasteiger partial charge in [0.15, 0.2) is 5.82 Å². The lowest BCUT2D eigenvalue weighted by Gasteiger charge is -2.31. The van der Waals surface area contributed by atoms with Gasteiger partial charge in [0.05, 0.1) is 23.1 Å². The highest BCUT2D eigenvalue weighted by Crippen LogP contribution is 2.45. The van der Waals surface area contributed by atoms with Gasteiger partial charge < -0.3 is 19.1 Å². The second-order valence-electron chi connectivity index (χ2n) is 14.2. The van der Waals surface area contributed by atoms with E-state index in [1.807, 2.05) is 0 Å². The number of terminal acetylenes is 1. The standard InChI is InChI=1S/C38H38F3N5O4/c1-4-26-28(40)11-10-22-15-25(50-36(47)21(2)3)16-27(29(22)26)32-31(41)33-30-34(46-14-7-5-6-9-24(46)19-48-35(30)42-32)44-37(43-33)49-20-38-12-8-13-45(38)18-23(39)17-38/h1,10-11,15-16,21,23-24H,5-9,12-14,17-20H2,2-3H3/t23-,24+,38+/m1/s1. The van der Waals surface area contributed by atoms with Gasteiger partial charge in [0, 0.05) is 30.5 Å². The van der Waals surface area contributed by atoms with Gasteiger partial charge in [0.1, 0.15) is 53.4 Å². The molecule has 0 N–H and O–H groups in total. The summed E-state index contributed by atoms with van der Waals surface area (Å²) in [6.07, 6.45) is 10.8. The van der Waals surface area contributed by atoms with Crippen molar-refractivity contribution in [3.8, 4) is 41.2 Å². The number of ether oxygens (including phenoxy) is 3. The fourth-order valence-corrected chi connectivity index (χ4v) is 8.14. The number of anilines is 1. The second-order valence-corrected chi connectivity index (χ2v) is 14.2. The Morgan fingerprint density at radius 1 is 1.12 bits per heavy atom. The monoisotopic (exact) mass is 685 g/mol. The number of hydrogen-bond acceptors (Lipinski definition) is 9. The third-order valence-electron chi connectivity index (χ3n) is 10.6. The summed E-state index contributed by atoms with van der Waals surface area (Å²) in [7, 11) is 0. The van der Waals surface area contributed by atoms with E-state index >= 15 is 8.78 Å². The summed E-state index contributed by atoms with van der Waals surface area (Å²) in [6.45, 7) is 5.70. The topological polar surface area (TPSA) is 89.9 Å². The van der Waals surface area contributed by atoms with Crippen LogP contribution in [0.3, 0.4) is 0 Å². The van der Waals surface area contributed by atoms with Crippen LogP contribution in [-0.2, 0) is 4.79 Å². The van der Waals surface area contributed by atoms with E-state index in [-0.39, 0.29) is 64.6 Å². The van der Waals surface area contributed by atoms with Crippen molar-refractivity contribution in [1.82, 2.24) is 19.9 Å². The van der Waals surface area contributed by atoms with Crippen LogP contribution in [0.25, 0.3) is 32.9 Å². The number of alkyl halides is 1. The van der Waals surface area contributed by atoms with E-state index < -0.39 is 35.2 Å². The van der Waals surface area contributed by atoms with Crippen molar-refractivity contribution in [2.24, 2.45) is 5.92 Å². The summed E-state index contributed by atoms with van der Waals surface area (Å²) in [5.41, 5.74) is -0.720. The predicted octanol–water partition coefficient (Wildman–Crippen LogP) is 6.76. The number of benzene rings is 2. The SMILES string of the molecule is C#Cc1c(F)ccc2cc(OC(=O)C(C)C)cc(-c3nc4c5c(nc(OC[C@@]67CCCN6C[C@H](F)C7)nc5c3F)N3CCCCC[C@H]3CO4)c12. The molecule has 12 heteroatoms. The molecule has 0 unspecified atom stereocenters. The van der Waals surface area contributed by atoms with E-state index in [9.17, 15) is 9.18 Å². The molecule has 4 aliphatic heterocycles. The van der Waals surface area contributed by atoms with Gasteiger partial charge in [-0.2, -0.15) is 9.97 Å². The van der Waals surface area contributed by atoms with E-state index in [1.165, 1.54) is 18.2 Å². The summed E-state index contributed by atoms with van der Waals surface area (Å²) in [6, 6.07) is 5.65. The minimum Gasteiger partial charge on any atom is -0.475 e. The Bertz CT molecular complexity index is 2070. The average Bonchev–Trinajstić information content (AvgIpc) is 3.45. The Morgan fingerprint density at radius 3 is 2.80 bits per heavy atom. The number of carbonyl (C=O) groups excluding carboxylic acids is 1. The van der Waals surface area contributed by atoms with E-state index in [1.54, 1.807) is 19.9 Å². The van der Waals surface area contributed by atoms with Crippen LogP contribution in [0.15, 0.2) is 24.3 Å². The third kappa shape index (κ3) is 5.46. The number of aromatic nitrogens is 3. The zero-order chi connectivity index (χ0) is 34.7. The highest BCUT2D eigenvalue weighted by atomic mass is 19.1. The van der Waals surface area contributed by atoms with E-state index in [4.69, 9.17) is 30.6 Å². The highest BCUT2D eigenvalue weighted by Gasteiger charge is 2.49. The number of nitrogens with zero attached hydrogens (tertiary/aromatic N) is 5. The summed E-state index contributed by atoms with van der Waals surface area (Å²) in [5, 5.41) is 0.967. The van der Waals surface area contributed by atoms with Gasteiger partial charge in [0.2, 0.25) is 5.88 Å². The van der Waals surface area contributed by atoms with Crippen molar-refractivity contribution in [1.29, 1.82) is 0 Å². The molecule has 260 valence electrons. The summed E-state index contributed by atoms with van der Waals surface area (Å²) < 4.78 is 65.4. The number of hydrogen-bond donors (Lipinski definition) is 0. The van der Waals surface area contributed by atoms with Crippen LogP contribution in [0.4, 0.5) is 19.0 Å². The lowest BCUT2D eigenvalue weighted by atomic mass is 9.95. The molecular weight excluding hydrogens is 647 g/mol. The molecule has 3 atom stereocenters. The third-order valence-corrected chi connectivity index (χ3v) is 10.6. The maximum absolute atomic E-state index is 17.3. The molecule has 3 saturated heterocycles. The van der Waals surface area contributed by atoms with Gasteiger partial charge >= 0.3 is 12.0 Å². The molecule has 4 aliphatic rings. The van der Waals surface area contributed by atoms with Gasteiger partial charge in [0.25, 0.3) is 0 Å². The first-order chi connectivity index (χ1) is 24.2. The lowest BCUT2D eigenvalue weighted by Crippen LogP contribution is -2.43. The van der Waals surface area contributed by atoms with E-state index in [0.717, 1.165) is 45.1 Å². The molecule has 6 heterocycles. The minimum absolute atomic E-state index is 0.0252. The molecule has 8 rings (SSSR count). The van der Waals surface area contributed by atoms with Gasteiger partial charge in [-0.1, -0.05) is 38.7 Å². The Balaban J connectivity index is 1.33. The largest absolute Gasteiger partial charge is 0.475 e. The van der Waals surface area contributed by atoms with Gasteiger partial charge in [-0.25, -0.2) is 18.2 Å². The van der Waals surface area contributed by atoms with Crippen LogP contribution in [0, 0.1) is 29.9 Å². The molecule has 0 spiro atoms. The number of halogens is 3. The van der Waals surface area contributed by atoms with Crippen LogP contribution in [0.2, 0.25) is 0 Å². The maximum atomic E-state index is 17.3. The van der Waals surface area contributed by atoms with Crippen molar-refractivity contribution in [3.63, 3.8) is 0 Å². The zero-order valence-electron chi connectivity index (χ0n) is 28.1. The zero-order valence-corrected chi connectivity index (χ0v) is 28.1. The van der Waals surface area contributed by atoms with Crippen molar-refractivity contribution >= 4 is 33.5 Å². The summed E-state index contributed by atoms with van der Waals surface area (Å²) >= 11 is 0. The van der Waals surface area contributed by atoms with Crippen LogP contribution in [0.1, 0.15) is 64.4 Å². The fraction of sp³-hybridized carbons (Fsp3) is 0.474. The molecule has 2 aromatic carbocycles. The normalized spacial score (nSPS) is 23.3. The fourth-order valence-electron chi connectivity index (χ4n) is 8.14. The Labute approximate surface area is 288 Å². The first kappa shape index (κ1) is 32.6. The first-order valence-electron chi connectivity index (χ1n) is 17.4. The van der Waals surface area contributed by atoms with Gasteiger partial charge in [-0.05, 0) is 55.8 Å². The Morgan fingerprint density at radius 2 is 1.98 bits per heavy atom. The molecular formula is C38H38F3N5O4. The number of esters is 1. The number of rotatable bonds is 6. The van der Waals surface area contributed by atoms with E-state index in [0.29, 0.717) is 36.1 Å². The smallest absolute Gasteiger partial charge is 0.319 e. The number of fused-ring (bicyclic) bond motifs is 4. The van der Waals surface area contributed by atoms with Crippen LogP contribution in [-0.4, -0.2) is 76.4 Å². The van der Waals surface area contributed by atoms with Crippen LogP contribution >= 0.6 is 0 Å². The highest BCUT2D eigenvalue weighted by molar-refractivity contribution is 6.04. The molecule has 0 amide bonds. The van der Waals surface area contributed by atoms with Crippen molar-refractivity contribution in [2.75, 3.05) is 37.7 Å². The first-order valence-corrected chi connectivity index (χ1v) is 17.4. The maximum Gasteiger partial charge on any atom is 0.319 e. The quantitative estimate of drug-likeness (QED) is 0.124. The summed E-state index contributed by atoms with van der Waals surface area (Å²) in [5.74, 6) is 0.707. The second kappa shape index (κ2) is 12.6. The van der Waals surface area contributed by atoms with Crippen molar-refractivity contribution < 1.29 is 32.2 Å². The molecule has 4 aromatic rings. The Kier molecular flexibility index (Phi) is 8.21. The van der Waals surface area contributed by atoms with Gasteiger partial charge in [-0.15, -0.1) is 6.42 Å².